The van der Waals surface area contributed by atoms with Crippen LogP contribution in [0.1, 0.15) is 43.7 Å². The largest absolute Gasteiger partial charge is 0.601 e. The minimum absolute atomic E-state index is 0.220. The van der Waals surface area contributed by atoms with Crippen LogP contribution in [0.5, 0.6) is 0 Å². The Kier molecular flexibility index (Phi) is 9.82. The van der Waals surface area contributed by atoms with Crippen molar-refractivity contribution in [3.8, 4) is 11.3 Å². The number of aromatic nitrogens is 2. The minimum atomic E-state index is -0.552. The van der Waals surface area contributed by atoms with E-state index in [-0.39, 0.29) is 24.5 Å². The highest BCUT2D eigenvalue weighted by atomic mass is 16.5. The van der Waals surface area contributed by atoms with Crippen LogP contribution in [-0.4, -0.2) is 46.1 Å². The normalized spacial score (nSPS) is 10.7. The second-order valence-electron chi connectivity index (χ2n) is 8.52. The van der Waals surface area contributed by atoms with Gasteiger partial charge in [-0.25, -0.2) is 4.68 Å². The highest BCUT2D eigenvalue weighted by Crippen LogP contribution is 2.19. The van der Waals surface area contributed by atoms with Crippen molar-refractivity contribution in [2.75, 3.05) is 13.2 Å². The van der Waals surface area contributed by atoms with E-state index in [4.69, 9.17) is 10.5 Å². The highest BCUT2D eigenvalue weighted by molar-refractivity contribution is 5.81. The monoisotopic (exact) mass is 489 g/mol. The van der Waals surface area contributed by atoms with Gasteiger partial charge in [0.15, 0.2) is 0 Å². The summed E-state index contributed by atoms with van der Waals surface area (Å²) in [7, 11) is 0. The Hall–Kier alpha value is -3.91. The van der Waals surface area contributed by atoms with E-state index in [0.29, 0.717) is 30.8 Å². The molecule has 0 aliphatic heterocycles. The number of unbranched alkanes of at least 4 members (excludes halogenated alkanes) is 2. The highest BCUT2D eigenvalue weighted by Gasteiger charge is 2.19. The summed E-state index contributed by atoms with van der Waals surface area (Å²) in [5.74, 6) is 0.220. The van der Waals surface area contributed by atoms with E-state index in [1.807, 2.05) is 30.3 Å². The third kappa shape index (κ3) is 7.55. The van der Waals surface area contributed by atoms with Gasteiger partial charge in [0, 0.05) is 36.6 Å². The summed E-state index contributed by atoms with van der Waals surface area (Å²) in [6.45, 7) is 6.61. The molecule has 2 N–H and O–H groups in total. The molecule has 0 unspecified atom stereocenters. The summed E-state index contributed by atoms with van der Waals surface area (Å²) in [6, 6.07) is 18.0. The molecule has 188 valence electrons. The van der Waals surface area contributed by atoms with E-state index in [1.165, 1.54) is 15.3 Å². The maximum absolute atomic E-state index is 12.5. The fourth-order valence-corrected chi connectivity index (χ4v) is 3.77. The van der Waals surface area contributed by atoms with Crippen molar-refractivity contribution >= 4 is 24.3 Å². The minimum Gasteiger partial charge on any atom is -0.412 e. The molecule has 0 saturated heterocycles. The Labute approximate surface area is 211 Å². The zero-order valence-electron chi connectivity index (χ0n) is 20.7. The lowest BCUT2D eigenvalue weighted by atomic mass is 10.0. The molecular formula is C28H33N4O4+. The van der Waals surface area contributed by atoms with Gasteiger partial charge >= 0.3 is 6.09 Å². The summed E-state index contributed by atoms with van der Waals surface area (Å²) < 4.78 is 7.54. The van der Waals surface area contributed by atoms with Crippen LogP contribution in [0.3, 0.4) is 0 Å². The van der Waals surface area contributed by atoms with Crippen LogP contribution in [0.2, 0.25) is 0 Å². The van der Waals surface area contributed by atoms with Gasteiger partial charge in [0.2, 0.25) is 5.69 Å². The van der Waals surface area contributed by atoms with Crippen molar-refractivity contribution in [1.29, 1.82) is 0 Å². The van der Waals surface area contributed by atoms with Gasteiger partial charge in [-0.1, -0.05) is 47.4 Å². The number of amides is 1. The average molecular weight is 490 g/mol. The smallest absolute Gasteiger partial charge is 0.412 e. The predicted octanol–water partition coefficient (Wildman–Crippen LogP) is 4.09. The number of nitrogens with two attached hydrogens (primary N) is 1. The molecule has 8 heteroatoms. The van der Waals surface area contributed by atoms with Crippen molar-refractivity contribution in [2.24, 2.45) is 5.73 Å². The van der Waals surface area contributed by atoms with Crippen LogP contribution < -0.4 is 11.3 Å². The molecule has 1 amide bonds. The van der Waals surface area contributed by atoms with E-state index >= 15 is 0 Å². The molecule has 0 spiro atoms. The van der Waals surface area contributed by atoms with Gasteiger partial charge in [0.25, 0.3) is 5.56 Å². The van der Waals surface area contributed by atoms with Crippen molar-refractivity contribution in [2.45, 2.75) is 45.6 Å². The van der Waals surface area contributed by atoms with Gasteiger partial charge in [0.05, 0.1) is 18.8 Å². The first kappa shape index (κ1) is 26.7. The number of Topliss-reactive ketones (excluding diaryl/α,β-unsaturated/α-hetero) is 1. The maximum Gasteiger partial charge on any atom is 0.601 e. The molecule has 0 fully saturated rings. The van der Waals surface area contributed by atoms with E-state index in [9.17, 15) is 14.4 Å². The molecular weight excluding hydrogens is 456 g/mol. The molecule has 0 aliphatic carbocycles. The van der Waals surface area contributed by atoms with Crippen LogP contribution in [0, 0.1) is 0 Å². The first-order chi connectivity index (χ1) is 17.4. The van der Waals surface area contributed by atoms with Crippen LogP contribution in [-0.2, 0) is 22.5 Å². The molecule has 36 heavy (non-hydrogen) atoms. The quantitative estimate of drug-likeness (QED) is 0.233. The number of ether oxygens (including phenoxy) is 1. The van der Waals surface area contributed by atoms with Crippen LogP contribution in [0.4, 0.5) is 10.5 Å². The molecule has 1 aromatic heterocycles. The zero-order chi connectivity index (χ0) is 25.9. The number of benzene rings is 2. The molecule has 3 aromatic rings. The molecule has 1 heterocycles. The van der Waals surface area contributed by atoms with Gasteiger partial charge < -0.3 is 10.5 Å². The molecule has 0 aliphatic rings. The van der Waals surface area contributed by atoms with Gasteiger partial charge in [-0.2, -0.15) is 9.89 Å². The summed E-state index contributed by atoms with van der Waals surface area (Å²) in [4.78, 5) is 36.7. The summed E-state index contributed by atoms with van der Waals surface area (Å²) in [5.41, 5.74) is 9.05. The second kappa shape index (κ2) is 13.3. The van der Waals surface area contributed by atoms with Crippen molar-refractivity contribution < 1.29 is 18.9 Å². The third-order valence-electron chi connectivity index (χ3n) is 5.72. The average Bonchev–Trinajstić information content (AvgIpc) is 2.88. The van der Waals surface area contributed by atoms with Gasteiger partial charge in [-0.05, 0) is 43.5 Å². The van der Waals surface area contributed by atoms with E-state index in [0.717, 1.165) is 36.0 Å². The first-order valence-electron chi connectivity index (χ1n) is 12.2. The number of hydrogen-bond acceptors (Lipinski definition) is 6. The molecule has 3 rings (SSSR count). The number of ketones is 1. The summed E-state index contributed by atoms with van der Waals surface area (Å²) in [5, 5.41) is 4.53. The lowest BCUT2D eigenvalue weighted by Gasteiger charge is -2.09. The maximum atomic E-state index is 12.5. The van der Waals surface area contributed by atoms with Crippen molar-refractivity contribution in [3.05, 3.63) is 82.1 Å². The number of carbonyl (C=O) groups is 2. The van der Waals surface area contributed by atoms with Gasteiger partial charge in [-0.3, -0.25) is 9.59 Å². The molecule has 0 saturated carbocycles. The van der Waals surface area contributed by atoms with E-state index in [2.05, 4.69) is 11.8 Å². The van der Waals surface area contributed by atoms with Crippen molar-refractivity contribution in [1.82, 2.24) is 9.78 Å². The lowest BCUT2D eigenvalue weighted by molar-refractivity contribution is -0.347. The number of nitrogens with zero attached hydrogens (tertiary/aromatic N) is 3. The Morgan fingerprint density at radius 3 is 2.53 bits per heavy atom. The van der Waals surface area contributed by atoms with Crippen molar-refractivity contribution in [3.63, 3.8) is 0 Å². The van der Waals surface area contributed by atoms with E-state index in [1.54, 1.807) is 31.2 Å². The summed E-state index contributed by atoms with van der Waals surface area (Å²) in [6.07, 6.45) is 3.22. The number of carbonyl (C=O) groups excluding carboxylic acids is 2. The Balaban J connectivity index is 1.70. The Bertz CT molecular complexity index is 1270. The first-order valence-corrected chi connectivity index (χ1v) is 12.2. The lowest BCUT2D eigenvalue weighted by Crippen LogP contribution is -2.23. The van der Waals surface area contributed by atoms with Crippen LogP contribution >= 0.6 is 0 Å². The SMILES string of the molecule is C=[N+](C(=O)OCC)c1cccc(Cn2nc(-c3ccc(CC(=O)CCCCCN)cc3)ccc2=O)c1. The summed E-state index contributed by atoms with van der Waals surface area (Å²) >= 11 is 0. The Morgan fingerprint density at radius 1 is 1.03 bits per heavy atom. The fourth-order valence-electron chi connectivity index (χ4n) is 3.77. The van der Waals surface area contributed by atoms with Crippen LogP contribution in [0.15, 0.2) is 65.5 Å². The Morgan fingerprint density at radius 2 is 1.81 bits per heavy atom. The molecule has 2 aromatic carbocycles. The molecule has 0 atom stereocenters. The molecule has 0 bridgehead atoms. The fraction of sp³-hybridized carbons (Fsp3) is 0.321. The van der Waals surface area contributed by atoms with E-state index < -0.39 is 6.09 Å². The molecule has 8 nitrogen and oxygen atoms in total. The van der Waals surface area contributed by atoms with Gasteiger partial charge in [0.1, 0.15) is 12.5 Å². The topological polar surface area (TPSA) is 107 Å². The van der Waals surface area contributed by atoms with Gasteiger partial charge in [-0.15, -0.1) is 0 Å². The van der Waals surface area contributed by atoms with Crippen LogP contribution in [0.25, 0.3) is 11.3 Å². The predicted molar refractivity (Wildman–Crippen MR) is 140 cm³/mol. The third-order valence-corrected chi connectivity index (χ3v) is 5.72. The molecule has 0 radical (unpaired) electrons. The number of hydrogen-bond donors (Lipinski definition) is 1. The standard InChI is InChI=1S/C28H33N4O4/c1-3-36-28(35)31(2)24-9-7-8-22(18-24)20-32-27(34)16-15-26(30-32)23-13-11-21(12-14-23)19-25(33)10-5-4-6-17-29/h7-9,11-16,18H,2-6,10,17,19-20,29H2,1H3/q+1. The number of rotatable bonds is 12. The second-order valence-corrected chi connectivity index (χ2v) is 8.52. The zero-order valence-corrected chi connectivity index (χ0v) is 20.7.